The molecule has 0 spiro atoms. The van der Waals surface area contributed by atoms with Crippen LogP contribution < -0.4 is 5.32 Å². The highest BCUT2D eigenvalue weighted by Crippen LogP contribution is 2.19. The lowest BCUT2D eigenvalue weighted by Gasteiger charge is -2.29. The highest BCUT2D eigenvalue weighted by Gasteiger charge is 2.25. The van der Waals surface area contributed by atoms with E-state index in [2.05, 4.69) is 31.0 Å². The highest BCUT2D eigenvalue weighted by atomic mass is 16.3. The Bertz CT molecular complexity index is 244. The summed E-state index contributed by atoms with van der Waals surface area (Å²) < 4.78 is 0. The monoisotopic (exact) mass is 242 g/mol. The fraction of sp³-hybridized carbons (Fsp3) is 0.923. The van der Waals surface area contributed by atoms with Gasteiger partial charge in [0.15, 0.2) is 0 Å². The number of amides is 1. The normalized spacial score (nSPS) is 16.3. The zero-order chi connectivity index (χ0) is 12.9. The average Bonchev–Trinajstić information content (AvgIpc) is 2.95. The SMILES string of the molecule is CC(C)(C)CN(CCCO)CC(=O)NC1CC1. The molecule has 0 aliphatic heterocycles. The molecule has 1 saturated carbocycles. The van der Waals surface area contributed by atoms with Crippen molar-refractivity contribution in [3.63, 3.8) is 0 Å². The molecular weight excluding hydrogens is 216 g/mol. The van der Waals surface area contributed by atoms with Gasteiger partial charge in [-0.25, -0.2) is 0 Å². The lowest BCUT2D eigenvalue weighted by Crippen LogP contribution is -2.42. The van der Waals surface area contributed by atoms with Crippen molar-refractivity contribution < 1.29 is 9.90 Å². The summed E-state index contributed by atoms with van der Waals surface area (Å²) in [6, 6.07) is 0.428. The third-order valence-electron chi connectivity index (χ3n) is 2.64. The van der Waals surface area contributed by atoms with E-state index >= 15 is 0 Å². The van der Waals surface area contributed by atoms with Crippen molar-refractivity contribution in [1.29, 1.82) is 0 Å². The van der Waals surface area contributed by atoms with Crippen LogP contribution in [-0.4, -0.2) is 48.2 Å². The van der Waals surface area contributed by atoms with Crippen LogP contribution in [0.4, 0.5) is 0 Å². The topological polar surface area (TPSA) is 52.6 Å². The third-order valence-corrected chi connectivity index (χ3v) is 2.64. The van der Waals surface area contributed by atoms with Crippen LogP contribution in [0, 0.1) is 5.41 Å². The number of aliphatic hydroxyl groups is 1. The van der Waals surface area contributed by atoms with Gasteiger partial charge in [0.2, 0.25) is 5.91 Å². The standard InChI is InChI=1S/C13H26N2O2/c1-13(2,3)10-15(7-4-8-16)9-12(17)14-11-5-6-11/h11,16H,4-10H2,1-3H3,(H,14,17). The second-order valence-electron chi connectivity index (χ2n) is 6.19. The molecule has 17 heavy (non-hydrogen) atoms. The molecule has 4 heteroatoms. The van der Waals surface area contributed by atoms with E-state index in [0.717, 1.165) is 32.4 Å². The highest BCUT2D eigenvalue weighted by molar-refractivity contribution is 5.78. The summed E-state index contributed by atoms with van der Waals surface area (Å²) in [5.41, 5.74) is 0.176. The summed E-state index contributed by atoms with van der Waals surface area (Å²) in [6.45, 7) is 8.79. The smallest absolute Gasteiger partial charge is 0.234 e. The number of nitrogens with zero attached hydrogens (tertiary/aromatic N) is 1. The van der Waals surface area contributed by atoms with Gasteiger partial charge in [0.05, 0.1) is 6.54 Å². The predicted molar refractivity (Wildman–Crippen MR) is 68.8 cm³/mol. The van der Waals surface area contributed by atoms with Crippen LogP contribution in [0.3, 0.4) is 0 Å². The van der Waals surface area contributed by atoms with E-state index in [1.807, 2.05) is 0 Å². The van der Waals surface area contributed by atoms with Crippen molar-refractivity contribution in [3.05, 3.63) is 0 Å². The van der Waals surface area contributed by atoms with Crippen LogP contribution >= 0.6 is 0 Å². The molecule has 0 heterocycles. The summed E-state index contributed by atoms with van der Waals surface area (Å²) >= 11 is 0. The van der Waals surface area contributed by atoms with Crippen LogP contribution in [0.5, 0.6) is 0 Å². The molecule has 0 atom stereocenters. The molecule has 1 aliphatic carbocycles. The van der Waals surface area contributed by atoms with E-state index in [4.69, 9.17) is 5.11 Å². The minimum absolute atomic E-state index is 0.120. The van der Waals surface area contributed by atoms with Crippen molar-refractivity contribution in [3.8, 4) is 0 Å². The number of carbonyl (C=O) groups excluding carboxylic acids is 1. The fourth-order valence-electron chi connectivity index (χ4n) is 1.88. The van der Waals surface area contributed by atoms with Gasteiger partial charge >= 0.3 is 0 Å². The molecule has 1 aliphatic rings. The van der Waals surface area contributed by atoms with Gasteiger partial charge in [-0.05, 0) is 24.7 Å². The molecule has 1 fully saturated rings. The van der Waals surface area contributed by atoms with Gasteiger partial charge in [-0.3, -0.25) is 9.69 Å². The molecule has 0 aromatic carbocycles. The quantitative estimate of drug-likeness (QED) is 0.700. The second-order valence-corrected chi connectivity index (χ2v) is 6.19. The van der Waals surface area contributed by atoms with E-state index in [-0.39, 0.29) is 17.9 Å². The minimum atomic E-state index is 0.120. The van der Waals surface area contributed by atoms with Gasteiger partial charge in [0.25, 0.3) is 0 Å². The number of nitrogens with one attached hydrogen (secondary N) is 1. The van der Waals surface area contributed by atoms with Crippen LogP contribution in [-0.2, 0) is 4.79 Å². The molecule has 0 bridgehead atoms. The van der Waals surface area contributed by atoms with E-state index in [9.17, 15) is 4.79 Å². The summed E-state index contributed by atoms with van der Waals surface area (Å²) in [6.07, 6.45) is 2.98. The van der Waals surface area contributed by atoms with Gasteiger partial charge in [0.1, 0.15) is 0 Å². The van der Waals surface area contributed by atoms with Crippen molar-refractivity contribution in [1.82, 2.24) is 10.2 Å². The number of carbonyl (C=O) groups is 1. The van der Waals surface area contributed by atoms with Crippen LogP contribution in [0.15, 0.2) is 0 Å². The van der Waals surface area contributed by atoms with Crippen molar-refractivity contribution >= 4 is 5.91 Å². The molecule has 1 rings (SSSR count). The maximum absolute atomic E-state index is 11.7. The van der Waals surface area contributed by atoms with E-state index in [0.29, 0.717) is 12.6 Å². The van der Waals surface area contributed by atoms with Crippen molar-refractivity contribution in [2.45, 2.75) is 46.1 Å². The van der Waals surface area contributed by atoms with Crippen LogP contribution in [0.2, 0.25) is 0 Å². The average molecular weight is 242 g/mol. The Hall–Kier alpha value is -0.610. The van der Waals surface area contributed by atoms with Crippen LogP contribution in [0.1, 0.15) is 40.0 Å². The molecule has 0 aromatic heterocycles. The first-order valence-corrected chi connectivity index (χ1v) is 6.53. The second kappa shape index (κ2) is 6.36. The Morgan fingerprint density at radius 2 is 2.06 bits per heavy atom. The first kappa shape index (κ1) is 14.5. The molecule has 0 aromatic rings. The minimum Gasteiger partial charge on any atom is -0.396 e. The zero-order valence-corrected chi connectivity index (χ0v) is 11.3. The van der Waals surface area contributed by atoms with Crippen LogP contribution in [0.25, 0.3) is 0 Å². The predicted octanol–water partition coefficient (Wildman–Crippen LogP) is 0.995. The molecule has 0 radical (unpaired) electrons. The Kier molecular flexibility index (Phi) is 5.40. The summed E-state index contributed by atoms with van der Waals surface area (Å²) in [4.78, 5) is 13.9. The molecule has 4 nitrogen and oxygen atoms in total. The fourth-order valence-corrected chi connectivity index (χ4v) is 1.88. The number of hydrogen-bond donors (Lipinski definition) is 2. The van der Waals surface area contributed by atoms with Crippen molar-refractivity contribution in [2.75, 3.05) is 26.2 Å². The molecule has 1 amide bonds. The zero-order valence-electron chi connectivity index (χ0n) is 11.3. The van der Waals surface area contributed by atoms with Crippen molar-refractivity contribution in [2.24, 2.45) is 5.41 Å². The summed E-state index contributed by atoms with van der Waals surface area (Å²) in [5.74, 6) is 0.120. The molecule has 2 N–H and O–H groups in total. The Balaban J connectivity index is 2.34. The first-order chi connectivity index (χ1) is 7.90. The Labute approximate surface area is 104 Å². The van der Waals surface area contributed by atoms with Gasteiger partial charge in [-0.1, -0.05) is 20.8 Å². The van der Waals surface area contributed by atoms with Gasteiger partial charge in [-0.2, -0.15) is 0 Å². The van der Waals surface area contributed by atoms with Gasteiger partial charge in [0, 0.05) is 25.7 Å². The molecule has 100 valence electrons. The first-order valence-electron chi connectivity index (χ1n) is 6.53. The third kappa shape index (κ3) is 7.34. The number of aliphatic hydroxyl groups excluding tert-OH is 1. The maximum Gasteiger partial charge on any atom is 0.234 e. The van der Waals surface area contributed by atoms with E-state index in [1.165, 1.54) is 0 Å². The van der Waals surface area contributed by atoms with E-state index in [1.54, 1.807) is 0 Å². The number of hydrogen-bond acceptors (Lipinski definition) is 3. The number of rotatable bonds is 7. The van der Waals surface area contributed by atoms with E-state index < -0.39 is 0 Å². The largest absolute Gasteiger partial charge is 0.396 e. The Morgan fingerprint density at radius 1 is 1.41 bits per heavy atom. The molecule has 0 saturated heterocycles. The molecule has 0 unspecified atom stereocenters. The van der Waals surface area contributed by atoms with Gasteiger partial charge in [-0.15, -0.1) is 0 Å². The molecular formula is C13H26N2O2. The Morgan fingerprint density at radius 3 is 2.53 bits per heavy atom. The summed E-state index contributed by atoms with van der Waals surface area (Å²) in [5, 5.41) is 11.9. The lowest BCUT2D eigenvalue weighted by molar-refractivity contribution is -0.122. The summed E-state index contributed by atoms with van der Waals surface area (Å²) in [7, 11) is 0. The lowest BCUT2D eigenvalue weighted by atomic mass is 9.96. The van der Waals surface area contributed by atoms with Gasteiger partial charge < -0.3 is 10.4 Å². The maximum atomic E-state index is 11.7.